The molecule has 0 aromatic rings. The van der Waals surface area contributed by atoms with E-state index in [1.807, 2.05) is 19.9 Å². The van der Waals surface area contributed by atoms with Gasteiger partial charge in [0.2, 0.25) is 0 Å². The van der Waals surface area contributed by atoms with E-state index in [0.29, 0.717) is 0 Å². The monoisotopic (exact) mass is 320 g/mol. The van der Waals surface area contributed by atoms with E-state index >= 15 is 0 Å². The molecule has 0 unspecified atom stereocenters. The average Bonchev–Trinajstić information content (AvgIpc) is 2.59. The summed E-state index contributed by atoms with van der Waals surface area (Å²) in [5, 5.41) is 0. The van der Waals surface area contributed by atoms with E-state index in [9.17, 15) is 0 Å². The van der Waals surface area contributed by atoms with Gasteiger partial charge in [0.1, 0.15) is 0 Å². The maximum absolute atomic E-state index is 4.03. The highest BCUT2D eigenvalue weighted by Crippen LogP contribution is 2.33. The lowest BCUT2D eigenvalue weighted by Gasteiger charge is -2.20. The van der Waals surface area contributed by atoms with E-state index in [-0.39, 0.29) is 0 Å². The van der Waals surface area contributed by atoms with Crippen molar-refractivity contribution in [1.29, 1.82) is 0 Å². The molecule has 1 aliphatic rings. The molecule has 0 aromatic carbocycles. The van der Waals surface area contributed by atoms with Gasteiger partial charge in [-0.15, -0.1) is 11.5 Å². The normalized spacial score (nSPS) is 15.3. The largest absolute Gasteiger partial charge is 0.119 e. The van der Waals surface area contributed by atoms with Crippen LogP contribution in [0.15, 0.2) is 81.9 Å². The fraction of sp³-hybridized carbons (Fsp3) is 0.417. The molecule has 0 saturated heterocycles. The summed E-state index contributed by atoms with van der Waals surface area (Å²) in [6, 6.07) is 0. The fourth-order valence-electron chi connectivity index (χ4n) is 3.09. The first-order valence-corrected chi connectivity index (χ1v) is 8.97. The Morgan fingerprint density at radius 3 is 2.12 bits per heavy atom. The average molecular weight is 321 g/mol. The highest BCUT2D eigenvalue weighted by atomic mass is 14.2. The first-order valence-electron chi connectivity index (χ1n) is 8.97. The van der Waals surface area contributed by atoms with Crippen LogP contribution in [0.2, 0.25) is 0 Å². The van der Waals surface area contributed by atoms with Crippen LogP contribution in [0.1, 0.15) is 66.7 Å². The number of hydrogen-bond acceptors (Lipinski definition) is 0. The molecule has 0 atom stereocenters. The first-order chi connectivity index (χ1) is 11.5. The van der Waals surface area contributed by atoms with E-state index in [2.05, 4.69) is 57.5 Å². The molecule has 0 aromatic heterocycles. The van der Waals surface area contributed by atoms with Crippen molar-refractivity contribution >= 4 is 0 Å². The van der Waals surface area contributed by atoms with Gasteiger partial charge in [-0.3, -0.25) is 0 Å². The summed E-state index contributed by atoms with van der Waals surface area (Å²) in [5.41, 5.74) is 15.0. The summed E-state index contributed by atoms with van der Waals surface area (Å²) in [6.07, 6.45) is 12.7. The van der Waals surface area contributed by atoms with Crippen LogP contribution in [0.3, 0.4) is 0 Å². The van der Waals surface area contributed by atoms with Gasteiger partial charge in [0.25, 0.3) is 0 Å². The highest BCUT2D eigenvalue weighted by Gasteiger charge is 2.15. The van der Waals surface area contributed by atoms with Crippen LogP contribution in [0.25, 0.3) is 0 Å². The second-order valence-corrected chi connectivity index (χ2v) is 6.50. The summed E-state index contributed by atoms with van der Waals surface area (Å²) >= 11 is 0. The molecule has 1 rings (SSSR count). The SMILES string of the molecule is C=C=C(C=C(C)C(=C)C)C(=C=CC)C(=CC)C(C)=C1CCCCC1. The molecule has 0 aliphatic heterocycles. The zero-order valence-electron chi connectivity index (χ0n) is 16.2. The minimum absolute atomic E-state index is 0.984. The lowest BCUT2D eigenvalue weighted by atomic mass is 9.84. The van der Waals surface area contributed by atoms with Crippen LogP contribution in [-0.4, -0.2) is 0 Å². The number of allylic oxidation sites excluding steroid dienone is 9. The Morgan fingerprint density at radius 2 is 1.67 bits per heavy atom. The van der Waals surface area contributed by atoms with Gasteiger partial charge in [-0.05, 0) is 89.2 Å². The Labute approximate surface area is 149 Å². The van der Waals surface area contributed by atoms with Crippen molar-refractivity contribution in [2.24, 2.45) is 0 Å². The molecule has 1 aliphatic carbocycles. The van der Waals surface area contributed by atoms with Gasteiger partial charge in [-0.1, -0.05) is 36.8 Å². The molecular formula is C24H32. The Bertz CT molecular complexity index is 680. The summed E-state index contributed by atoms with van der Waals surface area (Å²) in [4.78, 5) is 0. The summed E-state index contributed by atoms with van der Waals surface area (Å²) in [5.74, 6) is 0. The Hall–Kier alpha value is -2.00. The van der Waals surface area contributed by atoms with Crippen LogP contribution >= 0.6 is 0 Å². The minimum atomic E-state index is 0.984. The third kappa shape index (κ3) is 5.27. The Morgan fingerprint density at radius 1 is 1.04 bits per heavy atom. The van der Waals surface area contributed by atoms with Crippen molar-refractivity contribution in [2.75, 3.05) is 0 Å². The fourth-order valence-corrected chi connectivity index (χ4v) is 3.09. The Kier molecular flexibility index (Phi) is 8.34. The zero-order chi connectivity index (χ0) is 18.1. The molecule has 24 heavy (non-hydrogen) atoms. The van der Waals surface area contributed by atoms with Gasteiger partial charge < -0.3 is 0 Å². The maximum Gasteiger partial charge on any atom is 0.0382 e. The van der Waals surface area contributed by atoms with Crippen molar-refractivity contribution < 1.29 is 0 Å². The van der Waals surface area contributed by atoms with Gasteiger partial charge >= 0.3 is 0 Å². The maximum atomic E-state index is 4.03. The zero-order valence-corrected chi connectivity index (χ0v) is 16.2. The first kappa shape index (κ1) is 20.0. The standard InChI is InChI=1S/C24H32/c1-8-14-24(21(9-2)17-19(6)18(4)5)23(10-3)20(7)22-15-12-11-13-16-22/h8,10,17H,2,4,11-13,15-16H2,1,3,5-7H3. The van der Waals surface area contributed by atoms with Crippen LogP contribution in [0.5, 0.6) is 0 Å². The smallest absolute Gasteiger partial charge is 0.0382 e. The van der Waals surface area contributed by atoms with Crippen molar-refractivity contribution in [3.63, 3.8) is 0 Å². The van der Waals surface area contributed by atoms with Gasteiger partial charge in [-0.25, -0.2) is 0 Å². The predicted octanol–water partition coefficient (Wildman–Crippen LogP) is 7.55. The third-order valence-electron chi connectivity index (χ3n) is 4.73. The van der Waals surface area contributed by atoms with Crippen LogP contribution in [0, 0.1) is 0 Å². The Balaban J connectivity index is 3.42. The van der Waals surface area contributed by atoms with E-state index in [0.717, 1.165) is 22.3 Å². The number of hydrogen-bond donors (Lipinski definition) is 0. The van der Waals surface area contributed by atoms with Crippen LogP contribution in [0.4, 0.5) is 0 Å². The van der Waals surface area contributed by atoms with E-state index < -0.39 is 0 Å². The molecule has 0 heteroatoms. The highest BCUT2D eigenvalue weighted by molar-refractivity contribution is 5.60. The summed E-state index contributed by atoms with van der Waals surface area (Å²) < 4.78 is 0. The third-order valence-corrected chi connectivity index (χ3v) is 4.73. The van der Waals surface area contributed by atoms with E-state index in [4.69, 9.17) is 0 Å². The molecule has 0 radical (unpaired) electrons. The minimum Gasteiger partial charge on any atom is -0.119 e. The molecule has 0 heterocycles. The van der Waals surface area contributed by atoms with Gasteiger partial charge in [0.15, 0.2) is 0 Å². The van der Waals surface area contributed by atoms with Crippen LogP contribution in [-0.2, 0) is 0 Å². The van der Waals surface area contributed by atoms with Gasteiger partial charge in [0, 0.05) is 11.1 Å². The molecule has 0 bridgehead atoms. The second-order valence-electron chi connectivity index (χ2n) is 6.50. The molecular weight excluding hydrogens is 288 g/mol. The molecule has 1 fully saturated rings. The van der Waals surface area contributed by atoms with Gasteiger partial charge in [-0.2, -0.15) is 0 Å². The van der Waals surface area contributed by atoms with Crippen molar-refractivity contribution in [3.05, 3.63) is 81.9 Å². The lowest BCUT2D eigenvalue weighted by molar-refractivity contribution is 0.594. The summed E-state index contributed by atoms with van der Waals surface area (Å²) in [7, 11) is 0. The predicted molar refractivity (Wildman–Crippen MR) is 108 cm³/mol. The van der Waals surface area contributed by atoms with Crippen molar-refractivity contribution in [1.82, 2.24) is 0 Å². The van der Waals surface area contributed by atoms with Crippen LogP contribution < -0.4 is 0 Å². The van der Waals surface area contributed by atoms with Crippen molar-refractivity contribution in [2.45, 2.75) is 66.7 Å². The molecule has 0 nitrogen and oxygen atoms in total. The molecule has 128 valence electrons. The second kappa shape index (κ2) is 9.99. The lowest BCUT2D eigenvalue weighted by Crippen LogP contribution is -2.02. The topological polar surface area (TPSA) is 0 Å². The van der Waals surface area contributed by atoms with Crippen molar-refractivity contribution in [3.8, 4) is 0 Å². The van der Waals surface area contributed by atoms with Gasteiger partial charge in [0.05, 0.1) is 0 Å². The number of rotatable bonds is 5. The van der Waals surface area contributed by atoms with E-state index in [1.54, 1.807) is 5.57 Å². The molecule has 0 amide bonds. The molecule has 1 saturated carbocycles. The van der Waals surface area contributed by atoms with E-state index in [1.165, 1.54) is 43.3 Å². The molecule has 0 N–H and O–H groups in total. The quantitative estimate of drug-likeness (QED) is 0.362. The summed E-state index contributed by atoms with van der Waals surface area (Å²) in [6.45, 7) is 18.4. The molecule has 0 spiro atoms.